The Morgan fingerprint density at radius 1 is 0.884 bits per heavy atom. The number of carbonyl (C=O) groups is 2. The molecule has 1 saturated heterocycles. The van der Waals surface area contributed by atoms with Gasteiger partial charge in [-0.2, -0.15) is 0 Å². The summed E-state index contributed by atoms with van der Waals surface area (Å²) in [6.07, 6.45) is 3.29. The Labute approximate surface area is 259 Å². The van der Waals surface area contributed by atoms with Crippen molar-refractivity contribution in [1.82, 2.24) is 4.90 Å². The highest BCUT2D eigenvalue weighted by Gasteiger charge is 2.39. The van der Waals surface area contributed by atoms with E-state index in [4.69, 9.17) is 4.74 Å². The van der Waals surface area contributed by atoms with Crippen molar-refractivity contribution in [3.05, 3.63) is 125 Å². The number of ether oxygens (including phenoxy) is 1. The van der Waals surface area contributed by atoms with E-state index in [-0.39, 0.29) is 5.78 Å². The molecule has 1 unspecified atom stereocenters. The lowest BCUT2D eigenvalue weighted by molar-refractivity contribution is 0.0666. The monoisotopic (exact) mass is 592 g/mol. The van der Waals surface area contributed by atoms with Crippen molar-refractivity contribution in [2.24, 2.45) is 0 Å². The topological polar surface area (TPSA) is 49.9 Å². The summed E-state index contributed by atoms with van der Waals surface area (Å²) in [4.78, 5) is 31.4. The summed E-state index contributed by atoms with van der Waals surface area (Å²) < 4.78 is 5.42. The molecular formula is C37H40N2O3S. The molecule has 4 aromatic carbocycles. The number of fused-ring (bicyclic) bond motifs is 2. The van der Waals surface area contributed by atoms with E-state index in [9.17, 15) is 9.59 Å². The first-order chi connectivity index (χ1) is 20.9. The highest BCUT2D eigenvalue weighted by atomic mass is 32.2. The normalized spacial score (nSPS) is 15.4. The number of benzene rings is 4. The van der Waals surface area contributed by atoms with Crippen LogP contribution in [-0.2, 0) is 17.6 Å². The van der Waals surface area contributed by atoms with Crippen LogP contribution in [0.3, 0.4) is 0 Å². The van der Waals surface area contributed by atoms with Crippen molar-refractivity contribution < 1.29 is 14.3 Å². The average molecular weight is 593 g/mol. The van der Waals surface area contributed by atoms with E-state index >= 15 is 0 Å². The van der Waals surface area contributed by atoms with Gasteiger partial charge in [0, 0.05) is 46.1 Å². The number of anilines is 1. The van der Waals surface area contributed by atoms with Gasteiger partial charge < -0.3 is 9.64 Å². The largest absolute Gasteiger partial charge is 0.378 e. The number of aldehydes is 1. The zero-order valence-corrected chi connectivity index (χ0v) is 26.1. The molecule has 2 aliphatic rings. The van der Waals surface area contributed by atoms with Crippen molar-refractivity contribution in [2.75, 3.05) is 45.3 Å². The number of Topliss-reactive ketones (excluding diaryl/α,β-unsaturated/α-hetero) is 1. The molecule has 2 heterocycles. The van der Waals surface area contributed by atoms with Crippen LogP contribution in [0.1, 0.15) is 50.8 Å². The molecule has 0 bridgehead atoms. The van der Waals surface area contributed by atoms with Crippen molar-refractivity contribution in [1.29, 1.82) is 0 Å². The van der Waals surface area contributed by atoms with Gasteiger partial charge in [-0.05, 0) is 80.0 Å². The molecule has 1 fully saturated rings. The fourth-order valence-electron chi connectivity index (χ4n) is 5.93. The number of likely N-dealkylation sites (N-methyl/N-ethyl adjacent to an activating group) is 1. The Balaban J connectivity index is 0.000000194. The summed E-state index contributed by atoms with van der Waals surface area (Å²) in [7, 11) is 4.01. The summed E-state index contributed by atoms with van der Waals surface area (Å²) in [5.41, 5.74) is 5.88. The molecule has 5 nitrogen and oxygen atoms in total. The Hall–Kier alpha value is -3.71. The maximum atomic E-state index is 13.6. The van der Waals surface area contributed by atoms with Gasteiger partial charge in [-0.3, -0.25) is 14.5 Å². The molecule has 222 valence electrons. The summed E-state index contributed by atoms with van der Waals surface area (Å²) >= 11 is 1.75. The van der Waals surface area contributed by atoms with E-state index in [0.29, 0.717) is 6.42 Å². The van der Waals surface area contributed by atoms with Crippen molar-refractivity contribution in [2.45, 2.75) is 41.5 Å². The first kappa shape index (κ1) is 30.7. The van der Waals surface area contributed by atoms with Gasteiger partial charge in [-0.1, -0.05) is 79.3 Å². The van der Waals surface area contributed by atoms with E-state index in [2.05, 4.69) is 65.3 Å². The number of rotatable bonds is 8. The standard InChI is InChI=1S/C23H30N2O2.C14H10OS/c1-4-23(24(2)3,18-19-8-6-5-7-9-19)22(26)20-10-12-21(13-11-20)25-14-16-27-17-15-25;15-9-11-5-3-7-14-12(11)8-10-4-1-2-6-13(10)16-14/h5-13H,4,14-18H2,1-3H3;1-7,9H,8H2. The molecule has 6 rings (SSSR count). The fraction of sp³-hybridized carbons (Fsp3) is 0.297. The molecule has 0 N–H and O–H groups in total. The maximum absolute atomic E-state index is 13.6. The molecule has 0 spiro atoms. The van der Waals surface area contributed by atoms with Crippen LogP contribution in [0.4, 0.5) is 5.69 Å². The molecular weight excluding hydrogens is 552 g/mol. The maximum Gasteiger partial charge on any atom is 0.183 e. The third kappa shape index (κ3) is 6.93. The Kier molecular flexibility index (Phi) is 10.1. The first-order valence-corrected chi connectivity index (χ1v) is 15.8. The molecule has 0 aromatic heterocycles. The predicted molar refractivity (Wildman–Crippen MR) is 176 cm³/mol. The number of hydrogen-bond donors (Lipinski definition) is 0. The zero-order valence-electron chi connectivity index (χ0n) is 25.3. The van der Waals surface area contributed by atoms with Gasteiger partial charge in [0.2, 0.25) is 0 Å². The second-order valence-corrected chi connectivity index (χ2v) is 12.3. The lowest BCUT2D eigenvalue weighted by atomic mass is 9.80. The lowest BCUT2D eigenvalue weighted by Crippen LogP contribution is -2.52. The summed E-state index contributed by atoms with van der Waals surface area (Å²) in [6, 6.07) is 32.7. The van der Waals surface area contributed by atoms with Gasteiger partial charge in [0.1, 0.15) is 6.29 Å². The van der Waals surface area contributed by atoms with Crippen LogP contribution < -0.4 is 4.90 Å². The van der Waals surface area contributed by atoms with Crippen LogP contribution in [0, 0.1) is 0 Å². The average Bonchev–Trinajstić information content (AvgIpc) is 3.06. The van der Waals surface area contributed by atoms with Crippen LogP contribution in [0.15, 0.2) is 107 Å². The van der Waals surface area contributed by atoms with E-state index in [1.54, 1.807) is 11.8 Å². The van der Waals surface area contributed by atoms with Crippen molar-refractivity contribution >= 4 is 29.5 Å². The smallest absolute Gasteiger partial charge is 0.183 e. The molecule has 6 heteroatoms. The molecule has 1 atom stereocenters. The highest BCUT2D eigenvalue weighted by Crippen LogP contribution is 2.40. The minimum absolute atomic E-state index is 0.187. The van der Waals surface area contributed by atoms with Gasteiger partial charge in [0.25, 0.3) is 0 Å². The van der Waals surface area contributed by atoms with E-state index in [1.807, 2.05) is 62.6 Å². The second kappa shape index (κ2) is 14.2. The lowest BCUT2D eigenvalue weighted by Gasteiger charge is -2.38. The minimum Gasteiger partial charge on any atom is -0.378 e. The van der Waals surface area contributed by atoms with Gasteiger partial charge in [0.15, 0.2) is 5.78 Å². The molecule has 2 aliphatic heterocycles. The Morgan fingerprint density at radius 2 is 1.56 bits per heavy atom. The van der Waals surface area contributed by atoms with Gasteiger partial charge in [-0.25, -0.2) is 0 Å². The van der Waals surface area contributed by atoms with Crippen LogP contribution in [0.25, 0.3) is 0 Å². The van der Waals surface area contributed by atoms with Gasteiger partial charge in [0.05, 0.1) is 18.8 Å². The van der Waals surface area contributed by atoms with E-state index < -0.39 is 5.54 Å². The molecule has 0 saturated carbocycles. The molecule has 4 aromatic rings. The fourth-order valence-corrected chi connectivity index (χ4v) is 7.04. The minimum atomic E-state index is -0.540. The Bertz CT molecular complexity index is 1530. The summed E-state index contributed by atoms with van der Waals surface area (Å²) in [5.74, 6) is 0.187. The third-order valence-corrected chi connectivity index (χ3v) is 9.79. The predicted octanol–water partition coefficient (Wildman–Crippen LogP) is 7.21. The summed E-state index contributed by atoms with van der Waals surface area (Å²) in [6.45, 7) is 5.42. The van der Waals surface area contributed by atoms with Crippen molar-refractivity contribution in [3.63, 3.8) is 0 Å². The van der Waals surface area contributed by atoms with Crippen LogP contribution >= 0.6 is 11.8 Å². The van der Waals surface area contributed by atoms with Crippen molar-refractivity contribution in [3.8, 4) is 0 Å². The molecule has 43 heavy (non-hydrogen) atoms. The first-order valence-electron chi connectivity index (χ1n) is 15.0. The zero-order chi connectivity index (χ0) is 30.2. The van der Waals surface area contributed by atoms with E-state index in [1.165, 1.54) is 26.5 Å². The number of carbonyl (C=O) groups excluding carboxylic acids is 2. The van der Waals surface area contributed by atoms with Crippen LogP contribution in [-0.4, -0.2) is 62.9 Å². The SMILES string of the molecule is CCC(Cc1ccccc1)(C(=O)c1ccc(N2CCOCC2)cc1)N(C)C.O=Cc1cccc2c1Cc1ccccc1S2. The number of morpholine rings is 1. The quantitative estimate of drug-likeness (QED) is 0.140. The van der Waals surface area contributed by atoms with Crippen LogP contribution in [0.2, 0.25) is 0 Å². The van der Waals surface area contributed by atoms with Gasteiger partial charge in [-0.15, -0.1) is 0 Å². The van der Waals surface area contributed by atoms with Crippen LogP contribution in [0.5, 0.6) is 0 Å². The third-order valence-electron chi connectivity index (χ3n) is 8.56. The molecule has 0 aliphatic carbocycles. The summed E-state index contributed by atoms with van der Waals surface area (Å²) in [5, 5.41) is 0. The second-order valence-electron chi connectivity index (χ2n) is 11.2. The number of hydrogen-bond acceptors (Lipinski definition) is 6. The Morgan fingerprint density at radius 3 is 2.23 bits per heavy atom. The highest BCUT2D eigenvalue weighted by molar-refractivity contribution is 7.99. The van der Waals surface area contributed by atoms with E-state index in [0.717, 1.165) is 62.2 Å². The number of nitrogens with zero attached hydrogens (tertiary/aromatic N) is 2. The van der Waals surface area contributed by atoms with Gasteiger partial charge >= 0.3 is 0 Å². The molecule has 0 amide bonds. The number of ketones is 1. The molecule has 0 radical (unpaired) electrons.